The van der Waals surface area contributed by atoms with Crippen molar-refractivity contribution < 1.29 is 29.2 Å². The van der Waals surface area contributed by atoms with Gasteiger partial charge >= 0.3 is 5.97 Å². The van der Waals surface area contributed by atoms with Gasteiger partial charge < -0.3 is 24.4 Å². The summed E-state index contributed by atoms with van der Waals surface area (Å²) in [7, 11) is 1.52. The molecule has 0 radical (unpaired) electrons. The Morgan fingerprint density at radius 1 is 1.31 bits per heavy atom. The molecule has 0 aromatic heterocycles. The number of aliphatic hydroxyl groups is 2. The lowest BCUT2D eigenvalue weighted by atomic mass is 10.2. The van der Waals surface area contributed by atoms with Crippen molar-refractivity contribution >= 4 is 5.97 Å². The van der Waals surface area contributed by atoms with E-state index in [4.69, 9.17) is 24.4 Å². The zero-order valence-electron chi connectivity index (χ0n) is 9.72. The molecule has 0 rings (SSSR count). The molecule has 6 nitrogen and oxygen atoms in total. The van der Waals surface area contributed by atoms with Gasteiger partial charge in [-0.15, -0.1) is 0 Å². The minimum Gasteiger partial charge on any atom is -0.463 e. The van der Waals surface area contributed by atoms with E-state index in [1.54, 1.807) is 6.92 Å². The molecule has 0 aliphatic rings. The number of carbonyl (C=O) groups is 1. The van der Waals surface area contributed by atoms with Crippen molar-refractivity contribution in [3.8, 4) is 0 Å². The number of methoxy groups -OCH3 is 1. The van der Waals surface area contributed by atoms with E-state index in [-0.39, 0.29) is 38.3 Å². The van der Waals surface area contributed by atoms with Gasteiger partial charge in [-0.25, -0.2) is 0 Å². The summed E-state index contributed by atoms with van der Waals surface area (Å²) in [5.41, 5.74) is 0. The molecule has 0 saturated carbocycles. The van der Waals surface area contributed by atoms with E-state index < -0.39 is 6.10 Å². The van der Waals surface area contributed by atoms with Gasteiger partial charge in [0.05, 0.1) is 32.3 Å². The van der Waals surface area contributed by atoms with E-state index in [1.807, 2.05) is 0 Å². The van der Waals surface area contributed by atoms with E-state index in [9.17, 15) is 4.79 Å². The lowest BCUT2D eigenvalue weighted by Gasteiger charge is -2.11. The minimum atomic E-state index is -0.886. The topological polar surface area (TPSA) is 85.2 Å². The molecule has 0 amide bonds. The molecule has 0 bridgehead atoms. The SMILES string of the molecule is COCC(C)C(=O)OCCOCC(O)CO. The van der Waals surface area contributed by atoms with E-state index >= 15 is 0 Å². The molecule has 0 aromatic rings. The van der Waals surface area contributed by atoms with Gasteiger partial charge in [-0.1, -0.05) is 0 Å². The predicted molar refractivity (Wildman–Crippen MR) is 55.9 cm³/mol. The second-order valence-electron chi connectivity index (χ2n) is 3.44. The average molecular weight is 236 g/mol. The molecule has 0 saturated heterocycles. The number of carbonyl (C=O) groups excluding carboxylic acids is 1. The van der Waals surface area contributed by atoms with E-state index in [0.29, 0.717) is 6.61 Å². The second-order valence-corrected chi connectivity index (χ2v) is 3.44. The largest absolute Gasteiger partial charge is 0.463 e. The zero-order chi connectivity index (χ0) is 12.4. The highest BCUT2D eigenvalue weighted by molar-refractivity contribution is 5.72. The lowest BCUT2D eigenvalue weighted by Crippen LogP contribution is -2.23. The molecule has 6 heteroatoms. The highest BCUT2D eigenvalue weighted by Gasteiger charge is 2.13. The predicted octanol–water partition coefficient (Wildman–Crippen LogP) is -0.818. The Kier molecular flexibility index (Phi) is 9.12. The van der Waals surface area contributed by atoms with Crippen molar-refractivity contribution in [2.24, 2.45) is 5.92 Å². The van der Waals surface area contributed by atoms with Crippen LogP contribution in [0.25, 0.3) is 0 Å². The molecule has 0 heterocycles. The summed E-state index contributed by atoms with van der Waals surface area (Å²) in [6.45, 7) is 2.05. The molecule has 2 unspecified atom stereocenters. The average Bonchev–Trinajstić information content (AvgIpc) is 2.28. The second kappa shape index (κ2) is 9.53. The summed E-state index contributed by atoms with van der Waals surface area (Å²) < 4.78 is 14.6. The number of aliphatic hydroxyl groups excluding tert-OH is 2. The van der Waals surface area contributed by atoms with Gasteiger partial charge in [0.15, 0.2) is 0 Å². The van der Waals surface area contributed by atoms with Crippen LogP contribution >= 0.6 is 0 Å². The van der Waals surface area contributed by atoms with Gasteiger partial charge in [-0.05, 0) is 6.92 Å². The Hall–Kier alpha value is -0.690. The first-order valence-corrected chi connectivity index (χ1v) is 5.14. The molecular weight excluding hydrogens is 216 g/mol. The normalized spacial score (nSPS) is 14.5. The lowest BCUT2D eigenvalue weighted by molar-refractivity contribution is -0.151. The van der Waals surface area contributed by atoms with Crippen LogP contribution in [0.3, 0.4) is 0 Å². The van der Waals surface area contributed by atoms with Crippen molar-refractivity contribution in [2.45, 2.75) is 13.0 Å². The number of ether oxygens (including phenoxy) is 3. The summed E-state index contributed by atoms with van der Waals surface area (Å²) >= 11 is 0. The monoisotopic (exact) mass is 236 g/mol. The first-order valence-electron chi connectivity index (χ1n) is 5.14. The minimum absolute atomic E-state index is 0.0294. The van der Waals surface area contributed by atoms with Crippen LogP contribution in [0.2, 0.25) is 0 Å². The Bertz CT molecular complexity index is 184. The van der Waals surface area contributed by atoms with Crippen LogP contribution in [0.15, 0.2) is 0 Å². The summed E-state index contributed by atoms with van der Waals surface area (Å²) in [5.74, 6) is -0.638. The molecule has 0 aromatic carbocycles. The fourth-order valence-corrected chi connectivity index (χ4v) is 0.934. The molecule has 2 atom stereocenters. The smallest absolute Gasteiger partial charge is 0.311 e. The van der Waals surface area contributed by atoms with Gasteiger partial charge in [-0.3, -0.25) is 4.79 Å². The molecule has 0 aliphatic carbocycles. The van der Waals surface area contributed by atoms with E-state index in [2.05, 4.69) is 0 Å². The van der Waals surface area contributed by atoms with Crippen LogP contribution in [0, 0.1) is 5.92 Å². The standard InChI is InChI=1S/C10H20O6/c1-8(6-14-2)10(13)16-4-3-15-7-9(12)5-11/h8-9,11-12H,3-7H2,1-2H3. The van der Waals surface area contributed by atoms with Crippen molar-refractivity contribution in [1.29, 1.82) is 0 Å². The molecule has 96 valence electrons. The third kappa shape index (κ3) is 7.58. The molecule has 0 spiro atoms. The Morgan fingerprint density at radius 2 is 2.00 bits per heavy atom. The van der Waals surface area contributed by atoms with Crippen LogP contribution < -0.4 is 0 Å². The van der Waals surface area contributed by atoms with Gasteiger partial charge in [0.2, 0.25) is 0 Å². The molecule has 2 N–H and O–H groups in total. The third-order valence-corrected chi connectivity index (χ3v) is 1.81. The van der Waals surface area contributed by atoms with Crippen molar-refractivity contribution in [2.75, 3.05) is 40.1 Å². The third-order valence-electron chi connectivity index (χ3n) is 1.81. The maximum atomic E-state index is 11.2. The highest BCUT2D eigenvalue weighted by Crippen LogP contribution is 1.98. The maximum absolute atomic E-state index is 11.2. The number of rotatable bonds is 9. The summed E-state index contributed by atoms with van der Waals surface area (Å²) in [5, 5.41) is 17.4. The quantitative estimate of drug-likeness (QED) is 0.402. The van der Waals surface area contributed by atoms with Crippen LogP contribution in [0.1, 0.15) is 6.92 Å². The Morgan fingerprint density at radius 3 is 2.56 bits per heavy atom. The molecular formula is C10H20O6. The highest BCUT2D eigenvalue weighted by atomic mass is 16.6. The summed E-state index contributed by atoms with van der Waals surface area (Å²) in [6.07, 6.45) is -0.886. The summed E-state index contributed by atoms with van der Waals surface area (Å²) in [4.78, 5) is 11.2. The molecule has 0 fully saturated rings. The van der Waals surface area contributed by atoms with E-state index in [0.717, 1.165) is 0 Å². The summed E-state index contributed by atoms with van der Waals surface area (Å²) in [6, 6.07) is 0. The first kappa shape index (κ1) is 15.3. The van der Waals surface area contributed by atoms with E-state index in [1.165, 1.54) is 7.11 Å². The van der Waals surface area contributed by atoms with Crippen LogP contribution in [-0.4, -0.2) is 62.4 Å². The first-order chi connectivity index (χ1) is 7.61. The van der Waals surface area contributed by atoms with Crippen LogP contribution in [0.4, 0.5) is 0 Å². The number of hydrogen-bond donors (Lipinski definition) is 2. The molecule has 0 aliphatic heterocycles. The Labute approximate surface area is 95.1 Å². The van der Waals surface area contributed by atoms with Crippen molar-refractivity contribution in [3.63, 3.8) is 0 Å². The molecule has 16 heavy (non-hydrogen) atoms. The fraction of sp³-hybridized carbons (Fsp3) is 0.900. The van der Waals surface area contributed by atoms with Crippen LogP contribution in [0.5, 0.6) is 0 Å². The van der Waals surface area contributed by atoms with Gasteiger partial charge in [0.1, 0.15) is 12.7 Å². The van der Waals surface area contributed by atoms with Gasteiger partial charge in [-0.2, -0.15) is 0 Å². The zero-order valence-corrected chi connectivity index (χ0v) is 9.72. The van der Waals surface area contributed by atoms with Crippen LogP contribution in [-0.2, 0) is 19.0 Å². The van der Waals surface area contributed by atoms with Crippen molar-refractivity contribution in [3.05, 3.63) is 0 Å². The number of hydrogen-bond acceptors (Lipinski definition) is 6. The Balaban J connectivity index is 3.41. The van der Waals surface area contributed by atoms with Crippen molar-refractivity contribution in [1.82, 2.24) is 0 Å². The maximum Gasteiger partial charge on any atom is 0.311 e. The number of esters is 1. The fourth-order valence-electron chi connectivity index (χ4n) is 0.934. The van der Waals surface area contributed by atoms with Gasteiger partial charge in [0, 0.05) is 7.11 Å². The van der Waals surface area contributed by atoms with Gasteiger partial charge in [0.25, 0.3) is 0 Å².